The summed E-state index contributed by atoms with van der Waals surface area (Å²) in [5.74, 6) is -0.721. The molecule has 0 spiro atoms. The number of aromatic nitrogens is 1. The highest BCUT2D eigenvalue weighted by molar-refractivity contribution is 6.00. The molecule has 0 aliphatic heterocycles. The molecule has 1 aromatic heterocycles. The smallest absolute Gasteiger partial charge is 0.293 e. The highest BCUT2D eigenvalue weighted by Crippen LogP contribution is 2.31. The van der Waals surface area contributed by atoms with Gasteiger partial charge in [0.25, 0.3) is 11.6 Å². The van der Waals surface area contributed by atoms with Crippen LogP contribution >= 0.6 is 0 Å². The molecule has 0 bridgehead atoms. The van der Waals surface area contributed by atoms with Gasteiger partial charge < -0.3 is 16.4 Å². The lowest BCUT2D eigenvalue weighted by atomic mass is 10.1. The van der Waals surface area contributed by atoms with Crippen LogP contribution in [0, 0.1) is 10.1 Å². The molecule has 1 amide bonds. The summed E-state index contributed by atoms with van der Waals surface area (Å²) >= 11 is 0. The molecule has 4 N–H and O–H groups in total. The van der Waals surface area contributed by atoms with E-state index in [2.05, 4.69) is 22.5 Å². The van der Waals surface area contributed by atoms with Gasteiger partial charge in [-0.25, -0.2) is 0 Å². The molecule has 0 aliphatic rings. The fraction of sp³-hybridized carbons (Fsp3) is 0.368. The molecule has 1 heterocycles. The normalized spacial score (nSPS) is 10.4. The van der Waals surface area contributed by atoms with Crippen molar-refractivity contribution in [2.24, 2.45) is 5.73 Å². The molecule has 1 aromatic carbocycles. The van der Waals surface area contributed by atoms with Crippen LogP contribution in [0.1, 0.15) is 48.5 Å². The van der Waals surface area contributed by atoms with E-state index in [4.69, 9.17) is 5.73 Å². The maximum Gasteiger partial charge on any atom is 0.293 e. The molecule has 0 radical (unpaired) electrons. The Morgan fingerprint density at radius 3 is 2.67 bits per heavy atom. The Hall–Kier alpha value is -3.16. The number of nitrogens with zero attached hydrogens (tertiary/aromatic N) is 2. The Labute approximate surface area is 158 Å². The van der Waals surface area contributed by atoms with Crippen molar-refractivity contribution in [3.05, 3.63) is 57.9 Å². The van der Waals surface area contributed by atoms with Crippen LogP contribution in [-0.2, 0) is 6.54 Å². The van der Waals surface area contributed by atoms with Gasteiger partial charge in [-0.05, 0) is 24.1 Å². The Balaban J connectivity index is 2.22. The number of nitro benzene ring substituents is 1. The molecule has 0 fully saturated rings. The predicted molar refractivity (Wildman–Crippen MR) is 106 cm³/mol. The summed E-state index contributed by atoms with van der Waals surface area (Å²) < 4.78 is 0. The Morgan fingerprint density at radius 2 is 2.04 bits per heavy atom. The van der Waals surface area contributed by atoms with E-state index >= 15 is 0 Å². The molecule has 27 heavy (non-hydrogen) atoms. The quantitative estimate of drug-likeness (QED) is 0.314. The first-order valence-corrected chi connectivity index (χ1v) is 9.01. The minimum absolute atomic E-state index is 0.0853. The molecular weight excluding hydrogens is 346 g/mol. The number of amides is 1. The molecule has 2 aromatic rings. The fourth-order valence-corrected chi connectivity index (χ4v) is 2.71. The van der Waals surface area contributed by atoms with Gasteiger partial charge in [0.15, 0.2) is 0 Å². The minimum atomic E-state index is -0.721. The third-order valence-corrected chi connectivity index (χ3v) is 4.15. The third kappa shape index (κ3) is 5.95. The van der Waals surface area contributed by atoms with Gasteiger partial charge in [0, 0.05) is 37.2 Å². The number of unbranched alkanes of at least 4 members (excludes halogenated alkanes) is 3. The lowest BCUT2D eigenvalue weighted by molar-refractivity contribution is -0.384. The number of benzene rings is 1. The lowest BCUT2D eigenvalue weighted by Gasteiger charge is -2.14. The second-order valence-electron chi connectivity index (χ2n) is 6.24. The first-order chi connectivity index (χ1) is 13.0. The van der Waals surface area contributed by atoms with Gasteiger partial charge in [-0.3, -0.25) is 19.9 Å². The predicted octanol–water partition coefficient (Wildman–Crippen LogP) is 3.69. The summed E-state index contributed by atoms with van der Waals surface area (Å²) in [5, 5.41) is 17.6. The van der Waals surface area contributed by atoms with Crippen molar-refractivity contribution in [3.8, 4) is 0 Å². The first-order valence-electron chi connectivity index (χ1n) is 9.01. The fourth-order valence-electron chi connectivity index (χ4n) is 2.71. The number of carbonyl (C=O) groups is 1. The van der Waals surface area contributed by atoms with E-state index in [1.807, 2.05) is 12.1 Å². The second kappa shape index (κ2) is 10.1. The van der Waals surface area contributed by atoms with Gasteiger partial charge in [0.2, 0.25) is 0 Å². The molecule has 0 saturated carbocycles. The zero-order valence-corrected chi connectivity index (χ0v) is 15.4. The van der Waals surface area contributed by atoms with Crippen LogP contribution in [-0.4, -0.2) is 22.4 Å². The standard InChI is InChI=1S/C19H25N5O3/c1-2-3-4-5-9-22-17-11-16(23-13-14-7-6-8-21-12-14)15(19(20)25)10-18(17)24(26)27/h6-8,10-12,22-23H,2-5,9,13H2,1H3,(H2,20,25). The number of nitro groups is 1. The molecule has 0 unspecified atom stereocenters. The average Bonchev–Trinajstić information content (AvgIpc) is 2.66. The Morgan fingerprint density at radius 1 is 1.22 bits per heavy atom. The zero-order valence-electron chi connectivity index (χ0n) is 15.4. The molecule has 8 heteroatoms. The summed E-state index contributed by atoms with van der Waals surface area (Å²) in [6.07, 6.45) is 7.60. The van der Waals surface area contributed by atoms with Crippen molar-refractivity contribution in [1.82, 2.24) is 4.98 Å². The first kappa shape index (κ1) is 20.2. The van der Waals surface area contributed by atoms with Crippen LogP contribution in [0.3, 0.4) is 0 Å². The molecule has 2 rings (SSSR count). The lowest BCUT2D eigenvalue weighted by Crippen LogP contribution is -2.16. The molecule has 0 atom stereocenters. The molecule has 8 nitrogen and oxygen atoms in total. The van der Waals surface area contributed by atoms with Gasteiger partial charge in [0.1, 0.15) is 5.69 Å². The number of hydrogen-bond acceptors (Lipinski definition) is 6. The van der Waals surface area contributed by atoms with Crippen molar-refractivity contribution in [2.45, 2.75) is 39.2 Å². The van der Waals surface area contributed by atoms with Crippen molar-refractivity contribution < 1.29 is 9.72 Å². The van der Waals surface area contributed by atoms with Crippen molar-refractivity contribution in [2.75, 3.05) is 17.2 Å². The number of anilines is 2. The van der Waals surface area contributed by atoms with Gasteiger partial charge in [-0.15, -0.1) is 0 Å². The number of primary amides is 1. The zero-order chi connectivity index (χ0) is 19.6. The van der Waals surface area contributed by atoms with Gasteiger partial charge >= 0.3 is 0 Å². The van der Waals surface area contributed by atoms with Gasteiger partial charge in [-0.2, -0.15) is 0 Å². The van der Waals surface area contributed by atoms with Crippen molar-refractivity contribution >= 4 is 23.0 Å². The van der Waals surface area contributed by atoms with Crippen LogP contribution in [0.2, 0.25) is 0 Å². The van der Waals surface area contributed by atoms with E-state index in [0.717, 1.165) is 31.2 Å². The highest BCUT2D eigenvalue weighted by Gasteiger charge is 2.20. The van der Waals surface area contributed by atoms with Gasteiger partial charge in [-0.1, -0.05) is 32.3 Å². The number of rotatable bonds is 11. The SMILES string of the molecule is CCCCCCNc1cc(NCc2cccnc2)c(C(N)=O)cc1[N+](=O)[O-]. The molecule has 144 valence electrons. The minimum Gasteiger partial charge on any atom is -0.380 e. The molecule has 0 saturated heterocycles. The van der Waals surface area contributed by atoms with E-state index in [9.17, 15) is 14.9 Å². The van der Waals surface area contributed by atoms with E-state index in [-0.39, 0.29) is 11.3 Å². The van der Waals surface area contributed by atoms with Crippen LogP contribution in [0.25, 0.3) is 0 Å². The average molecular weight is 371 g/mol. The van der Waals surface area contributed by atoms with Crippen LogP contribution in [0.5, 0.6) is 0 Å². The number of hydrogen-bond donors (Lipinski definition) is 3. The van der Waals surface area contributed by atoms with E-state index in [1.54, 1.807) is 18.5 Å². The maximum absolute atomic E-state index is 11.8. The van der Waals surface area contributed by atoms with Crippen LogP contribution in [0.15, 0.2) is 36.7 Å². The number of carbonyl (C=O) groups excluding carboxylic acids is 1. The van der Waals surface area contributed by atoms with Crippen molar-refractivity contribution in [3.63, 3.8) is 0 Å². The summed E-state index contributed by atoms with van der Waals surface area (Å²) in [6.45, 7) is 3.17. The van der Waals surface area contributed by atoms with Crippen molar-refractivity contribution in [1.29, 1.82) is 0 Å². The van der Waals surface area contributed by atoms with Crippen LogP contribution in [0.4, 0.5) is 17.1 Å². The summed E-state index contributed by atoms with van der Waals surface area (Å²) in [5.41, 5.74) is 7.09. The Kier molecular flexibility index (Phi) is 7.54. The van der Waals surface area contributed by atoms with E-state index in [1.165, 1.54) is 6.07 Å². The topological polar surface area (TPSA) is 123 Å². The van der Waals surface area contributed by atoms with Crippen LogP contribution < -0.4 is 16.4 Å². The molecular formula is C19H25N5O3. The number of nitrogens with two attached hydrogens (primary N) is 1. The Bertz CT molecular complexity index is 780. The van der Waals surface area contributed by atoms with Gasteiger partial charge in [0.05, 0.1) is 10.5 Å². The summed E-state index contributed by atoms with van der Waals surface area (Å²) in [7, 11) is 0. The largest absolute Gasteiger partial charge is 0.380 e. The monoisotopic (exact) mass is 371 g/mol. The second-order valence-corrected chi connectivity index (χ2v) is 6.24. The highest BCUT2D eigenvalue weighted by atomic mass is 16.6. The molecule has 0 aliphatic carbocycles. The number of nitrogens with one attached hydrogen (secondary N) is 2. The third-order valence-electron chi connectivity index (χ3n) is 4.15. The van der Waals surface area contributed by atoms with E-state index < -0.39 is 10.8 Å². The number of pyridine rings is 1. The maximum atomic E-state index is 11.8. The summed E-state index contributed by atoms with van der Waals surface area (Å²) in [6, 6.07) is 6.50. The van der Waals surface area contributed by atoms with E-state index in [0.29, 0.717) is 24.5 Å². The summed E-state index contributed by atoms with van der Waals surface area (Å²) in [4.78, 5) is 26.7.